The van der Waals surface area contributed by atoms with E-state index in [0.717, 1.165) is 16.9 Å². The molecule has 2 aliphatic heterocycles. The Bertz CT molecular complexity index is 1330. The van der Waals surface area contributed by atoms with Crippen LogP contribution in [0.2, 0.25) is 0 Å². The molecule has 1 fully saturated rings. The lowest BCUT2D eigenvalue weighted by Crippen LogP contribution is -2.73. The maximum atomic E-state index is 6.41. The van der Waals surface area contributed by atoms with Crippen molar-refractivity contribution in [3.63, 3.8) is 0 Å². The maximum Gasteiger partial charge on any atom is 0.494 e. The molecule has 6 heteroatoms. The van der Waals surface area contributed by atoms with E-state index in [9.17, 15) is 0 Å². The molecule has 0 aliphatic carbocycles. The van der Waals surface area contributed by atoms with Crippen molar-refractivity contribution < 1.29 is 9.31 Å². The summed E-state index contributed by atoms with van der Waals surface area (Å²) in [5.74, 6) is 0. The third-order valence-corrected chi connectivity index (χ3v) is 12.5. The summed E-state index contributed by atoms with van der Waals surface area (Å²) < 4.78 is 12.8. The summed E-state index contributed by atoms with van der Waals surface area (Å²) in [5, 5.41) is 5.16. The summed E-state index contributed by atoms with van der Waals surface area (Å²) in [4.78, 5) is 9.62. The Morgan fingerprint density at radius 3 is 1.79 bits per heavy atom. The molecule has 0 N–H and O–H groups in total. The van der Waals surface area contributed by atoms with Crippen LogP contribution in [0.5, 0.6) is 0 Å². The molecule has 6 rings (SSSR count). The van der Waals surface area contributed by atoms with Crippen LogP contribution in [0.3, 0.4) is 0 Å². The Morgan fingerprint density at radius 1 is 0.647 bits per heavy atom. The summed E-state index contributed by atoms with van der Waals surface area (Å²) in [6.07, 6.45) is 3.74. The van der Waals surface area contributed by atoms with E-state index in [1.807, 2.05) is 24.5 Å². The van der Waals surface area contributed by atoms with E-state index >= 15 is 0 Å². The van der Waals surface area contributed by atoms with Gasteiger partial charge in [-0.15, -0.1) is 0 Å². The van der Waals surface area contributed by atoms with Crippen LogP contribution < -0.4 is 26.2 Å². The van der Waals surface area contributed by atoms with Gasteiger partial charge in [-0.3, -0.25) is 9.97 Å². The fourth-order valence-electron chi connectivity index (χ4n) is 5.31. The van der Waals surface area contributed by atoms with Crippen molar-refractivity contribution in [3.05, 3.63) is 91.3 Å². The highest BCUT2D eigenvalue weighted by Crippen LogP contribution is 2.36. The first-order chi connectivity index (χ1) is 16.3. The lowest BCUT2D eigenvalue weighted by molar-refractivity contribution is 0.00578. The van der Waals surface area contributed by atoms with Crippen LogP contribution in [0.1, 0.15) is 27.7 Å². The lowest BCUT2D eigenvalue weighted by Gasteiger charge is -2.32. The highest BCUT2D eigenvalue weighted by atomic mass is 28.3. The van der Waals surface area contributed by atoms with Gasteiger partial charge in [0.15, 0.2) is 8.07 Å². The minimum atomic E-state index is -2.62. The highest BCUT2D eigenvalue weighted by Gasteiger charge is 2.53. The average molecular weight is 462 g/mol. The SMILES string of the molecule is CC1(C)OB(c2cccc([Si]3(c4ccccc4)c4cccnc4-c4ncccc43)c2)OC1(C)C. The monoisotopic (exact) mass is 462 g/mol. The van der Waals surface area contributed by atoms with Gasteiger partial charge in [0.05, 0.1) is 22.6 Å². The summed E-state index contributed by atoms with van der Waals surface area (Å²) in [5.41, 5.74) is 2.26. The van der Waals surface area contributed by atoms with E-state index in [2.05, 4.69) is 94.4 Å². The van der Waals surface area contributed by atoms with Crippen molar-refractivity contribution >= 4 is 41.4 Å². The lowest BCUT2D eigenvalue weighted by atomic mass is 9.79. The molecule has 2 aliphatic rings. The van der Waals surface area contributed by atoms with Gasteiger partial charge in [0.2, 0.25) is 0 Å². The molecule has 0 radical (unpaired) electrons. The van der Waals surface area contributed by atoms with Gasteiger partial charge in [-0.05, 0) is 66.0 Å². The second-order valence-electron chi connectivity index (χ2n) is 10.1. The van der Waals surface area contributed by atoms with Crippen molar-refractivity contribution in [2.75, 3.05) is 0 Å². The Morgan fingerprint density at radius 2 is 1.21 bits per heavy atom. The summed E-state index contributed by atoms with van der Waals surface area (Å²) in [6.45, 7) is 8.38. The Labute approximate surface area is 202 Å². The van der Waals surface area contributed by atoms with Gasteiger partial charge in [0.1, 0.15) is 0 Å². The zero-order valence-corrected chi connectivity index (χ0v) is 20.9. The summed E-state index contributed by atoms with van der Waals surface area (Å²) >= 11 is 0. The van der Waals surface area contributed by atoms with Crippen molar-refractivity contribution in [1.82, 2.24) is 9.97 Å². The van der Waals surface area contributed by atoms with Crippen LogP contribution in [0, 0.1) is 0 Å². The van der Waals surface area contributed by atoms with Crippen molar-refractivity contribution in [2.24, 2.45) is 0 Å². The van der Waals surface area contributed by atoms with E-state index in [4.69, 9.17) is 19.3 Å². The minimum absolute atomic E-state index is 0.386. The van der Waals surface area contributed by atoms with Crippen molar-refractivity contribution in [2.45, 2.75) is 38.9 Å². The first-order valence-corrected chi connectivity index (χ1v) is 13.8. The molecular formula is C28H27BN2O2Si. The van der Waals surface area contributed by atoms with Gasteiger partial charge in [-0.25, -0.2) is 0 Å². The van der Waals surface area contributed by atoms with Crippen LogP contribution in [-0.4, -0.2) is 36.4 Å². The third-order valence-electron chi connectivity index (χ3n) is 7.70. The molecule has 0 amide bonds. The minimum Gasteiger partial charge on any atom is -0.399 e. The van der Waals surface area contributed by atoms with Gasteiger partial charge in [0, 0.05) is 12.4 Å². The summed E-state index contributed by atoms with van der Waals surface area (Å²) in [6, 6.07) is 28.2. The fraction of sp³-hybridized carbons (Fsp3) is 0.214. The number of rotatable bonds is 3. The van der Waals surface area contributed by atoms with Crippen molar-refractivity contribution in [3.8, 4) is 11.4 Å². The molecule has 34 heavy (non-hydrogen) atoms. The maximum absolute atomic E-state index is 6.41. The molecular weight excluding hydrogens is 435 g/mol. The van der Waals surface area contributed by atoms with E-state index in [1.165, 1.54) is 20.7 Å². The predicted octanol–water partition coefficient (Wildman–Crippen LogP) is 2.13. The second kappa shape index (κ2) is 7.47. The standard InChI is InChI=1S/C28H27BN2O2Si/c1-27(2)28(3,4)33-29(32-27)20-11-8-14-22(19-20)34(21-12-6-5-7-13-21)23-15-9-17-30-25(23)26-24(34)16-10-18-31-26/h5-19H,1-4H3. The number of benzene rings is 2. The molecule has 0 saturated carbocycles. The third kappa shape index (κ3) is 2.92. The Hall–Kier alpha value is -3.06. The molecule has 0 spiro atoms. The molecule has 168 valence electrons. The Kier molecular flexibility index (Phi) is 4.72. The molecule has 4 heterocycles. The van der Waals surface area contributed by atoms with Gasteiger partial charge in [0.25, 0.3) is 0 Å². The van der Waals surface area contributed by atoms with Gasteiger partial charge >= 0.3 is 7.12 Å². The molecule has 2 aromatic carbocycles. The molecule has 2 aromatic heterocycles. The topological polar surface area (TPSA) is 44.2 Å². The van der Waals surface area contributed by atoms with Gasteiger partial charge in [-0.2, -0.15) is 0 Å². The van der Waals surface area contributed by atoms with Crippen LogP contribution >= 0.6 is 0 Å². The first-order valence-electron chi connectivity index (χ1n) is 11.8. The first kappa shape index (κ1) is 21.5. The smallest absolute Gasteiger partial charge is 0.399 e. The van der Waals surface area contributed by atoms with Crippen LogP contribution in [0.4, 0.5) is 0 Å². The van der Waals surface area contributed by atoms with Crippen molar-refractivity contribution in [1.29, 1.82) is 0 Å². The number of pyridine rings is 2. The van der Waals surface area contributed by atoms with Crippen LogP contribution in [-0.2, 0) is 9.31 Å². The zero-order valence-electron chi connectivity index (χ0n) is 19.9. The highest BCUT2D eigenvalue weighted by molar-refractivity contribution is 7.22. The average Bonchev–Trinajstić information content (AvgIpc) is 3.27. The number of aromatic nitrogens is 2. The normalized spacial score (nSPS) is 19.0. The molecule has 0 unspecified atom stereocenters. The predicted molar refractivity (Wildman–Crippen MR) is 140 cm³/mol. The quantitative estimate of drug-likeness (QED) is 0.386. The van der Waals surface area contributed by atoms with E-state index in [-0.39, 0.29) is 11.2 Å². The Balaban J connectivity index is 1.61. The molecule has 0 atom stereocenters. The number of fused-ring (bicyclic) bond motifs is 3. The van der Waals surface area contributed by atoms with Gasteiger partial charge in [-0.1, -0.05) is 66.7 Å². The van der Waals surface area contributed by atoms with E-state index in [0.29, 0.717) is 0 Å². The largest absolute Gasteiger partial charge is 0.494 e. The fourth-order valence-corrected chi connectivity index (χ4v) is 10.4. The zero-order chi connectivity index (χ0) is 23.6. The molecule has 4 nitrogen and oxygen atoms in total. The number of hydrogen-bond acceptors (Lipinski definition) is 4. The second-order valence-corrected chi connectivity index (χ2v) is 13.9. The van der Waals surface area contributed by atoms with E-state index in [1.54, 1.807) is 0 Å². The van der Waals surface area contributed by atoms with Crippen LogP contribution in [0.15, 0.2) is 91.3 Å². The summed E-state index contributed by atoms with van der Waals surface area (Å²) in [7, 11) is -3.02. The van der Waals surface area contributed by atoms with E-state index < -0.39 is 15.2 Å². The number of hydrogen-bond donors (Lipinski definition) is 0. The van der Waals surface area contributed by atoms with Crippen LogP contribution in [0.25, 0.3) is 11.4 Å². The molecule has 4 aromatic rings. The molecule has 1 saturated heterocycles. The van der Waals surface area contributed by atoms with Gasteiger partial charge < -0.3 is 9.31 Å². The number of nitrogens with zero attached hydrogens (tertiary/aromatic N) is 2. The molecule has 0 bridgehead atoms.